The van der Waals surface area contributed by atoms with E-state index in [1.165, 1.54) is 18.2 Å². The van der Waals surface area contributed by atoms with E-state index in [4.69, 9.17) is 4.42 Å². The van der Waals surface area contributed by atoms with Crippen LogP contribution in [0.2, 0.25) is 0 Å². The van der Waals surface area contributed by atoms with Gasteiger partial charge in [-0.05, 0) is 48.9 Å². The van der Waals surface area contributed by atoms with Crippen molar-refractivity contribution < 1.29 is 13.9 Å². The number of hydrogen-bond acceptors (Lipinski definition) is 4. The number of nitrogens with one attached hydrogen (secondary N) is 1. The van der Waals surface area contributed by atoms with Crippen molar-refractivity contribution in [2.24, 2.45) is 0 Å². The summed E-state index contributed by atoms with van der Waals surface area (Å²) in [7, 11) is 0. The number of phenols is 1. The van der Waals surface area contributed by atoms with Crippen LogP contribution in [0.25, 0.3) is 11.0 Å². The molecule has 3 aromatic rings. The first kappa shape index (κ1) is 14.1. The lowest BCUT2D eigenvalue weighted by atomic mass is 10.1. The van der Waals surface area contributed by atoms with E-state index in [9.17, 15) is 14.3 Å². The van der Waals surface area contributed by atoms with Crippen molar-refractivity contribution in [3.05, 3.63) is 69.8 Å². The van der Waals surface area contributed by atoms with E-state index >= 15 is 0 Å². The van der Waals surface area contributed by atoms with Gasteiger partial charge in [-0.2, -0.15) is 0 Å². The molecule has 5 heteroatoms. The van der Waals surface area contributed by atoms with Gasteiger partial charge in [-0.25, -0.2) is 9.18 Å². The van der Waals surface area contributed by atoms with Crippen LogP contribution in [0.4, 0.5) is 10.1 Å². The minimum atomic E-state index is -0.475. The fourth-order valence-electron chi connectivity index (χ4n) is 2.33. The Morgan fingerprint density at radius 1 is 1.18 bits per heavy atom. The standard InChI is InChI=1S/C17H14FNO3/c1-10-15(20)7-6-14-11(8-16(21)22-17(10)14)9-19-13-4-2-12(18)3-5-13/h2-8,19-20H,9H2,1H3. The van der Waals surface area contributed by atoms with Crippen molar-refractivity contribution >= 4 is 16.7 Å². The first-order chi connectivity index (χ1) is 10.5. The van der Waals surface area contributed by atoms with E-state index in [1.807, 2.05) is 0 Å². The number of anilines is 1. The Kier molecular flexibility index (Phi) is 3.55. The Morgan fingerprint density at radius 2 is 1.91 bits per heavy atom. The summed E-state index contributed by atoms with van der Waals surface area (Å²) in [6.07, 6.45) is 0. The topological polar surface area (TPSA) is 62.5 Å². The lowest BCUT2D eigenvalue weighted by molar-refractivity contribution is 0.468. The summed E-state index contributed by atoms with van der Waals surface area (Å²) in [4.78, 5) is 11.7. The molecule has 4 nitrogen and oxygen atoms in total. The molecule has 0 aliphatic carbocycles. The SMILES string of the molecule is Cc1c(O)ccc2c(CNc3ccc(F)cc3)cc(=O)oc12. The second-order valence-electron chi connectivity index (χ2n) is 5.04. The lowest BCUT2D eigenvalue weighted by Gasteiger charge is -2.10. The Labute approximate surface area is 125 Å². The third-order valence-electron chi connectivity index (χ3n) is 3.55. The molecule has 112 valence electrons. The average Bonchev–Trinajstić information content (AvgIpc) is 2.50. The number of halogens is 1. The van der Waals surface area contributed by atoms with E-state index in [2.05, 4.69) is 5.32 Å². The van der Waals surface area contributed by atoms with Crippen LogP contribution in [0, 0.1) is 12.7 Å². The minimum Gasteiger partial charge on any atom is -0.508 e. The molecule has 0 aliphatic rings. The van der Waals surface area contributed by atoms with Gasteiger partial charge in [0.05, 0.1) is 0 Å². The first-order valence-corrected chi connectivity index (χ1v) is 6.79. The van der Waals surface area contributed by atoms with Crippen LogP contribution >= 0.6 is 0 Å². The van der Waals surface area contributed by atoms with Gasteiger partial charge in [0.15, 0.2) is 0 Å². The van der Waals surface area contributed by atoms with Crippen LogP contribution in [0.5, 0.6) is 5.75 Å². The lowest BCUT2D eigenvalue weighted by Crippen LogP contribution is -2.06. The monoisotopic (exact) mass is 299 g/mol. The molecular formula is C17H14FNO3. The van der Waals surface area contributed by atoms with Gasteiger partial charge in [-0.15, -0.1) is 0 Å². The normalized spacial score (nSPS) is 10.8. The number of benzene rings is 2. The predicted octanol–water partition coefficient (Wildman–Crippen LogP) is 3.56. The molecule has 22 heavy (non-hydrogen) atoms. The van der Waals surface area contributed by atoms with Crippen molar-refractivity contribution in [1.82, 2.24) is 0 Å². The predicted molar refractivity (Wildman–Crippen MR) is 82.6 cm³/mol. The zero-order valence-corrected chi connectivity index (χ0v) is 11.9. The molecule has 0 saturated heterocycles. The third-order valence-corrected chi connectivity index (χ3v) is 3.55. The van der Waals surface area contributed by atoms with E-state index < -0.39 is 5.63 Å². The number of aromatic hydroxyl groups is 1. The minimum absolute atomic E-state index is 0.0827. The van der Waals surface area contributed by atoms with Crippen LogP contribution in [0.3, 0.4) is 0 Å². The van der Waals surface area contributed by atoms with E-state index in [-0.39, 0.29) is 11.6 Å². The number of fused-ring (bicyclic) bond motifs is 1. The Balaban J connectivity index is 1.98. The molecule has 0 aliphatic heterocycles. The summed E-state index contributed by atoms with van der Waals surface area (Å²) < 4.78 is 18.1. The largest absolute Gasteiger partial charge is 0.508 e. The maximum Gasteiger partial charge on any atom is 0.336 e. The Bertz CT molecular complexity index is 885. The van der Waals surface area contributed by atoms with Gasteiger partial charge in [0.1, 0.15) is 17.1 Å². The van der Waals surface area contributed by atoms with Crippen LogP contribution in [-0.2, 0) is 6.54 Å². The van der Waals surface area contributed by atoms with Crippen molar-refractivity contribution in [2.45, 2.75) is 13.5 Å². The molecule has 3 rings (SSSR count). The number of hydrogen-bond donors (Lipinski definition) is 2. The molecule has 0 unspecified atom stereocenters. The summed E-state index contributed by atoms with van der Waals surface area (Å²) in [5.74, 6) is -0.221. The quantitative estimate of drug-likeness (QED) is 0.726. The highest BCUT2D eigenvalue weighted by molar-refractivity contribution is 5.85. The molecule has 1 aromatic heterocycles. The van der Waals surface area contributed by atoms with Crippen LogP contribution < -0.4 is 10.9 Å². The highest BCUT2D eigenvalue weighted by Crippen LogP contribution is 2.27. The van der Waals surface area contributed by atoms with Crippen molar-refractivity contribution in [1.29, 1.82) is 0 Å². The highest BCUT2D eigenvalue weighted by atomic mass is 19.1. The molecule has 2 aromatic carbocycles. The molecule has 0 amide bonds. The van der Waals surface area contributed by atoms with E-state index in [0.29, 0.717) is 17.7 Å². The zero-order valence-electron chi connectivity index (χ0n) is 11.9. The van der Waals surface area contributed by atoms with Gasteiger partial charge in [0, 0.05) is 29.2 Å². The van der Waals surface area contributed by atoms with Crippen LogP contribution in [0.15, 0.2) is 51.7 Å². The summed E-state index contributed by atoms with van der Waals surface area (Å²) in [5.41, 5.74) is 1.93. The smallest absolute Gasteiger partial charge is 0.336 e. The van der Waals surface area contributed by atoms with Crippen molar-refractivity contribution in [3.8, 4) is 5.75 Å². The molecule has 0 atom stereocenters. The first-order valence-electron chi connectivity index (χ1n) is 6.79. The maximum atomic E-state index is 12.9. The van der Waals surface area contributed by atoms with Crippen molar-refractivity contribution in [3.63, 3.8) is 0 Å². The van der Waals surface area contributed by atoms with Gasteiger partial charge < -0.3 is 14.8 Å². The zero-order chi connectivity index (χ0) is 15.7. The van der Waals surface area contributed by atoms with Gasteiger partial charge in [-0.3, -0.25) is 0 Å². The van der Waals surface area contributed by atoms with E-state index in [0.717, 1.165) is 16.6 Å². The number of phenolic OH excluding ortho intramolecular Hbond substituents is 1. The highest BCUT2D eigenvalue weighted by Gasteiger charge is 2.10. The van der Waals surface area contributed by atoms with Gasteiger partial charge in [0.2, 0.25) is 0 Å². The molecule has 0 radical (unpaired) electrons. The fraction of sp³-hybridized carbons (Fsp3) is 0.118. The van der Waals surface area contributed by atoms with Gasteiger partial charge in [0.25, 0.3) is 0 Å². The molecule has 0 fully saturated rings. The molecular weight excluding hydrogens is 285 g/mol. The summed E-state index contributed by atoms with van der Waals surface area (Å²) in [6.45, 7) is 2.08. The molecule has 0 saturated carbocycles. The Hall–Kier alpha value is -2.82. The summed E-state index contributed by atoms with van der Waals surface area (Å²) in [5, 5.41) is 13.6. The van der Waals surface area contributed by atoms with Gasteiger partial charge >= 0.3 is 5.63 Å². The molecule has 0 bridgehead atoms. The van der Waals surface area contributed by atoms with Gasteiger partial charge in [-0.1, -0.05) is 0 Å². The summed E-state index contributed by atoms with van der Waals surface area (Å²) in [6, 6.07) is 10.7. The number of aryl methyl sites for hydroxylation is 1. The molecule has 0 spiro atoms. The Morgan fingerprint density at radius 3 is 2.64 bits per heavy atom. The third kappa shape index (κ3) is 2.65. The summed E-state index contributed by atoms with van der Waals surface area (Å²) >= 11 is 0. The maximum absolute atomic E-state index is 12.9. The second kappa shape index (κ2) is 5.52. The molecule has 1 heterocycles. The number of rotatable bonds is 3. The second-order valence-corrected chi connectivity index (χ2v) is 5.04. The van der Waals surface area contributed by atoms with Crippen LogP contribution in [-0.4, -0.2) is 5.11 Å². The van der Waals surface area contributed by atoms with Crippen LogP contribution in [0.1, 0.15) is 11.1 Å². The molecule has 2 N–H and O–H groups in total. The van der Waals surface area contributed by atoms with Crippen molar-refractivity contribution in [2.75, 3.05) is 5.32 Å². The average molecular weight is 299 g/mol. The van der Waals surface area contributed by atoms with E-state index in [1.54, 1.807) is 31.2 Å². The fourth-order valence-corrected chi connectivity index (χ4v) is 2.33.